The average molecular weight is 347 g/mol. The minimum atomic E-state index is -0.353. The van der Waals surface area contributed by atoms with Gasteiger partial charge in [-0.1, -0.05) is 12.1 Å². The molecule has 2 amide bonds. The van der Waals surface area contributed by atoms with Crippen molar-refractivity contribution < 1.29 is 14.0 Å². The number of piperidine rings is 1. The van der Waals surface area contributed by atoms with Crippen LogP contribution in [0.1, 0.15) is 33.1 Å². The molecule has 1 aliphatic heterocycles. The summed E-state index contributed by atoms with van der Waals surface area (Å²) in [5.41, 5.74) is 6.30. The van der Waals surface area contributed by atoms with Crippen molar-refractivity contribution in [2.45, 2.75) is 19.3 Å². The summed E-state index contributed by atoms with van der Waals surface area (Å²) in [5, 5.41) is 0.799. The lowest BCUT2D eigenvalue weighted by Gasteiger charge is -2.30. The van der Waals surface area contributed by atoms with Crippen molar-refractivity contribution in [3.05, 3.63) is 51.7 Å². The van der Waals surface area contributed by atoms with Crippen molar-refractivity contribution in [2.75, 3.05) is 13.1 Å². The lowest BCUT2D eigenvalue weighted by atomic mass is 9.97. The molecule has 3 rings (SSSR count). The zero-order valence-electron chi connectivity index (χ0n) is 13.1. The Balaban J connectivity index is 1.67. The molecule has 24 heavy (non-hydrogen) atoms. The molecule has 7 heteroatoms. The van der Waals surface area contributed by atoms with Crippen LogP contribution in [0.3, 0.4) is 0 Å². The molecule has 1 saturated heterocycles. The van der Waals surface area contributed by atoms with Crippen molar-refractivity contribution in [2.24, 2.45) is 11.7 Å². The number of carbonyl (C=O) groups is 2. The minimum Gasteiger partial charge on any atom is -0.369 e. The highest BCUT2D eigenvalue weighted by atomic mass is 32.1. The van der Waals surface area contributed by atoms with Crippen LogP contribution < -0.4 is 5.73 Å². The van der Waals surface area contributed by atoms with Gasteiger partial charge in [0.2, 0.25) is 5.91 Å². The highest BCUT2D eigenvalue weighted by molar-refractivity contribution is 7.13. The molecule has 2 heterocycles. The Morgan fingerprint density at radius 2 is 2.08 bits per heavy atom. The highest BCUT2D eigenvalue weighted by Crippen LogP contribution is 2.22. The second kappa shape index (κ2) is 7.09. The summed E-state index contributed by atoms with van der Waals surface area (Å²) in [6.07, 6.45) is 3.64. The summed E-state index contributed by atoms with van der Waals surface area (Å²) in [4.78, 5) is 30.4. The van der Waals surface area contributed by atoms with Gasteiger partial charge in [0.05, 0.1) is 17.1 Å². The molecule has 0 saturated carbocycles. The first-order chi connectivity index (χ1) is 11.5. The fourth-order valence-electron chi connectivity index (χ4n) is 2.82. The van der Waals surface area contributed by atoms with Crippen molar-refractivity contribution in [3.63, 3.8) is 0 Å². The number of halogens is 1. The van der Waals surface area contributed by atoms with E-state index in [-0.39, 0.29) is 23.5 Å². The largest absolute Gasteiger partial charge is 0.369 e. The number of thiazole rings is 1. The maximum absolute atomic E-state index is 12.9. The molecule has 1 aliphatic rings. The van der Waals surface area contributed by atoms with Crippen molar-refractivity contribution >= 4 is 23.2 Å². The lowest BCUT2D eigenvalue weighted by Crippen LogP contribution is -2.43. The van der Waals surface area contributed by atoms with E-state index in [9.17, 15) is 14.0 Å². The number of amides is 2. The standard InChI is InChI=1S/C17H18FN3O2S/c18-13-5-3-11(4-6-13)8-15-20-9-14(24-15)17(23)21-7-1-2-12(10-21)16(19)22/h3-6,9,12H,1-2,7-8,10H2,(H2,19,22)/t12-/m1/s1. The first kappa shape index (κ1) is 16.6. The molecule has 2 N–H and O–H groups in total. The van der Waals surface area contributed by atoms with Crippen LogP contribution in [0.2, 0.25) is 0 Å². The van der Waals surface area contributed by atoms with E-state index in [1.807, 2.05) is 0 Å². The fraction of sp³-hybridized carbons (Fsp3) is 0.353. The number of carbonyl (C=O) groups excluding carboxylic acids is 2. The molecule has 0 bridgehead atoms. The number of aromatic nitrogens is 1. The van der Waals surface area contributed by atoms with E-state index in [2.05, 4.69) is 4.98 Å². The molecule has 1 aromatic carbocycles. The molecular formula is C17H18FN3O2S. The van der Waals surface area contributed by atoms with Crippen LogP contribution in [0.25, 0.3) is 0 Å². The Kier molecular flexibility index (Phi) is 4.89. The van der Waals surface area contributed by atoms with E-state index in [0.29, 0.717) is 24.4 Å². The van der Waals surface area contributed by atoms with Gasteiger partial charge in [-0.2, -0.15) is 0 Å². The first-order valence-electron chi connectivity index (χ1n) is 7.80. The Morgan fingerprint density at radius 1 is 1.33 bits per heavy atom. The van der Waals surface area contributed by atoms with Crippen molar-refractivity contribution in [3.8, 4) is 0 Å². The highest BCUT2D eigenvalue weighted by Gasteiger charge is 2.28. The van der Waals surface area contributed by atoms with Crippen LogP contribution in [-0.2, 0) is 11.2 Å². The summed E-state index contributed by atoms with van der Waals surface area (Å²) in [6, 6.07) is 6.24. The van der Waals surface area contributed by atoms with Crippen molar-refractivity contribution in [1.29, 1.82) is 0 Å². The molecule has 1 atom stereocenters. The van der Waals surface area contributed by atoms with Gasteiger partial charge in [-0.15, -0.1) is 11.3 Å². The molecule has 126 valence electrons. The van der Waals surface area contributed by atoms with Crippen LogP contribution >= 0.6 is 11.3 Å². The third-order valence-corrected chi connectivity index (χ3v) is 5.13. The molecule has 0 unspecified atom stereocenters. The van der Waals surface area contributed by atoms with Gasteiger partial charge in [0.15, 0.2) is 0 Å². The van der Waals surface area contributed by atoms with Crippen molar-refractivity contribution in [1.82, 2.24) is 9.88 Å². The monoisotopic (exact) mass is 347 g/mol. The molecule has 1 aromatic heterocycles. The topological polar surface area (TPSA) is 76.3 Å². The normalized spacial score (nSPS) is 17.7. The Hall–Kier alpha value is -2.28. The number of primary amides is 1. The maximum Gasteiger partial charge on any atom is 0.265 e. The van der Waals surface area contributed by atoms with Gasteiger partial charge in [0, 0.05) is 19.5 Å². The van der Waals surface area contributed by atoms with Crippen LogP contribution in [0.15, 0.2) is 30.5 Å². The average Bonchev–Trinajstić information content (AvgIpc) is 3.05. The number of nitrogens with zero attached hydrogens (tertiary/aromatic N) is 2. The van der Waals surface area contributed by atoms with E-state index in [1.165, 1.54) is 23.5 Å². The lowest BCUT2D eigenvalue weighted by molar-refractivity contribution is -0.123. The van der Waals surface area contributed by atoms with Crippen LogP contribution in [0.4, 0.5) is 4.39 Å². The van der Waals surface area contributed by atoms with E-state index in [4.69, 9.17) is 5.73 Å². The zero-order valence-corrected chi connectivity index (χ0v) is 13.9. The van der Waals surface area contributed by atoms with Gasteiger partial charge in [0.25, 0.3) is 5.91 Å². The van der Waals surface area contributed by atoms with Gasteiger partial charge in [0.1, 0.15) is 10.7 Å². The summed E-state index contributed by atoms with van der Waals surface area (Å²) in [6.45, 7) is 1.01. The Bertz CT molecular complexity index is 745. The molecule has 2 aromatic rings. The van der Waals surface area contributed by atoms with Gasteiger partial charge in [-0.05, 0) is 30.5 Å². The first-order valence-corrected chi connectivity index (χ1v) is 8.62. The molecule has 1 fully saturated rings. The Labute approximate surface area is 143 Å². The number of benzene rings is 1. The minimum absolute atomic E-state index is 0.108. The predicted octanol–water partition coefficient (Wildman–Crippen LogP) is 2.21. The van der Waals surface area contributed by atoms with E-state index in [0.717, 1.165) is 23.4 Å². The van der Waals surface area contributed by atoms with Gasteiger partial charge < -0.3 is 10.6 Å². The smallest absolute Gasteiger partial charge is 0.265 e. The number of nitrogens with two attached hydrogens (primary N) is 1. The predicted molar refractivity (Wildman–Crippen MR) is 89.1 cm³/mol. The number of likely N-dealkylation sites (tertiary alicyclic amines) is 1. The van der Waals surface area contributed by atoms with Crippen LogP contribution in [0, 0.1) is 11.7 Å². The van der Waals surface area contributed by atoms with E-state index < -0.39 is 0 Å². The third-order valence-electron chi connectivity index (χ3n) is 4.14. The number of hydrogen-bond acceptors (Lipinski definition) is 4. The molecule has 0 aliphatic carbocycles. The quantitative estimate of drug-likeness (QED) is 0.921. The van der Waals surface area contributed by atoms with Gasteiger partial charge in [-0.3, -0.25) is 9.59 Å². The second-order valence-electron chi connectivity index (χ2n) is 5.91. The third kappa shape index (κ3) is 3.79. The molecular weight excluding hydrogens is 329 g/mol. The van der Waals surface area contributed by atoms with Crippen LogP contribution in [0.5, 0.6) is 0 Å². The second-order valence-corrected chi connectivity index (χ2v) is 7.03. The van der Waals surface area contributed by atoms with Crippen LogP contribution in [-0.4, -0.2) is 34.8 Å². The summed E-state index contributed by atoms with van der Waals surface area (Å²) in [7, 11) is 0. The van der Waals surface area contributed by atoms with E-state index in [1.54, 1.807) is 23.2 Å². The maximum atomic E-state index is 12.9. The summed E-state index contributed by atoms with van der Waals surface area (Å²) in [5.74, 6) is -1.00. The summed E-state index contributed by atoms with van der Waals surface area (Å²) >= 11 is 1.33. The van der Waals surface area contributed by atoms with Gasteiger partial charge in [-0.25, -0.2) is 9.37 Å². The Morgan fingerprint density at radius 3 is 2.79 bits per heavy atom. The molecule has 0 spiro atoms. The molecule has 5 nitrogen and oxygen atoms in total. The SMILES string of the molecule is NC(=O)[C@@H]1CCCN(C(=O)c2cnc(Cc3ccc(F)cc3)s2)C1. The summed E-state index contributed by atoms with van der Waals surface area (Å²) < 4.78 is 12.9. The number of rotatable bonds is 4. The number of hydrogen-bond donors (Lipinski definition) is 1. The fourth-order valence-corrected chi connectivity index (χ4v) is 3.74. The molecule has 0 radical (unpaired) electrons. The zero-order chi connectivity index (χ0) is 17.1. The van der Waals surface area contributed by atoms with Gasteiger partial charge >= 0.3 is 0 Å². The van der Waals surface area contributed by atoms with E-state index >= 15 is 0 Å².